The number of rotatable bonds is 8. The summed E-state index contributed by atoms with van der Waals surface area (Å²) < 4.78 is 5.58. The molecule has 28 heavy (non-hydrogen) atoms. The molecule has 1 aliphatic heterocycles. The molecule has 6 heteroatoms. The lowest BCUT2D eigenvalue weighted by atomic mass is 10.1. The molecular formula is C22H34N2O3S. The molecule has 1 aromatic carbocycles. The van der Waals surface area contributed by atoms with E-state index in [0.717, 1.165) is 25.0 Å². The maximum absolute atomic E-state index is 12.6. The minimum Gasteiger partial charge on any atom is -0.444 e. The summed E-state index contributed by atoms with van der Waals surface area (Å²) in [4.78, 5) is 26.9. The van der Waals surface area contributed by atoms with E-state index < -0.39 is 5.60 Å². The first kappa shape index (κ1) is 22.6. The van der Waals surface area contributed by atoms with Crippen molar-refractivity contribution in [3.63, 3.8) is 0 Å². The molecule has 2 unspecified atom stereocenters. The molecule has 1 heterocycles. The van der Waals surface area contributed by atoms with Crippen molar-refractivity contribution in [2.75, 3.05) is 18.8 Å². The van der Waals surface area contributed by atoms with Gasteiger partial charge in [-0.25, -0.2) is 4.79 Å². The predicted octanol–water partition coefficient (Wildman–Crippen LogP) is 4.26. The molecule has 2 amide bonds. The average molecular weight is 407 g/mol. The fourth-order valence-corrected chi connectivity index (χ4v) is 4.69. The Bertz CT molecular complexity index is 630. The Balaban J connectivity index is 1.89. The van der Waals surface area contributed by atoms with Gasteiger partial charge in [-0.05, 0) is 51.3 Å². The van der Waals surface area contributed by atoms with E-state index in [1.54, 1.807) is 11.8 Å². The quantitative estimate of drug-likeness (QED) is 0.701. The molecule has 1 fully saturated rings. The number of nitrogens with zero attached hydrogens (tertiary/aromatic N) is 1. The van der Waals surface area contributed by atoms with Gasteiger partial charge in [-0.3, -0.25) is 4.79 Å². The molecule has 0 radical (unpaired) electrons. The van der Waals surface area contributed by atoms with E-state index in [1.165, 1.54) is 5.56 Å². The van der Waals surface area contributed by atoms with E-state index in [9.17, 15) is 9.59 Å². The highest BCUT2D eigenvalue weighted by Crippen LogP contribution is 2.31. The van der Waals surface area contributed by atoms with Crippen molar-refractivity contribution >= 4 is 23.8 Å². The summed E-state index contributed by atoms with van der Waals surface area (Å²) in [5, 5.41) is 3.13. The van der Waals surface area contributed by atoms with Gasteiger partial charge in [0.1, 0.15) is 5.60 Å². The summed E-state index contributed by atoms with van der Waals surface area (Å²) in [6, 6.07) is 10.2. The highest BCUT2D eigenvalue weighted by atomic mass is 32.2. The van der Waals surface area contributed by atoms with Crippen molar-refractivity contribution in [3.05, 3.63) is 35.9 Å². The summed E-state index contributed by atoms with van der Waals surface area (Å²) >= 11 is 1.76. The Morgan fingerprint density at radius 2 is 2.00 bits per heavy atom. The van der Waals surface area contributed by atoms with Crippen LogP contribution in [-0.2, 0) is 16.0 Å². The van der Waals surface area contributed by atoms with Crippen LogP contribution in [0.2, 0.25) is 0 Å². The van der Waals surface area contributed by atoms with E-state index in [0.29, 0.717) is 19.5 Å². The van der Waals surface area contributed by atoms with Crippen LogP contribution in [0.5, 0.6) is 0 Å². The monoisotopic (exact) mass is 406 g/mol. The molecule has 5 nitrogen and oxygen atoms in total. The van der Waals surface area contributed by atoms with Gasteiger partial charge in [-0.2, -0.15) is 11.8 Å². The Morgan fingerprint density at radius 1 is 1.29 bits per heavy atom. The highest BCUT2D eigenvalue weighted by Gasteiger charge is 2.37. The van der Waals surface area contributed by atoms with Gasteiger partial charge >= 0.3 is 6.09 Å². The molecule has 1 aromatic rings. The minimum atomic E-state index is -0.508. The fourth-order valence-electron chi connectivity index (χ4n) is 3.49. The second-order valence-corrected chi connectivity index (χ2v) is 9.68. The number of carbonyl (C=O) groups is 2. The summed E-state index contributed by atoms with van der Waals surface area (Å²) in [5.74, 6) is 0.971. The van der Waals surface area contributed by atoms with Crippen molar-refractivity contribution in [1.29, 1.82) is 0 Å². The van der Waals surface area contributed by atoms with Gasteiger partial charge in [0.2, 0.25) is 5.91 Å². The largest absolute Gasteiger partial charge is 0.444 e. The topological polar surface area (TPSA) is 58.6 Å². The lowest BCUT2D eigenvalue weighted by Gasteiger charge is -2.32. The van der Waals surface area contributed by atoms with Crippen molar-refractivity contribution < 1.29 is 14.3 Å². The second-order valence-electron chi connectivity index (χ2n) is 8.17. The van der Waals surface area contributed by atoms with Crippen LogP contribution in [0, 0.1) is 0 Å². The third-order valence-electron chi connectivity index (χ3n) is 4.70. The predicted molar refractivity (Wildman–Crippen MR) is 116 cm³/mol. The molecule has 2 rings (SSSR count). The van der Waals surface area contributed by atoms with Gasteiger partial charge in [0.25, 0.3) is 0 Å². The lowest BCUT2D eigenvalue weighted by Crippen LogP contribution is -2.45. The molecule has 0 aromatic heterocycles. The SMILES string of the molecule is CCSC(CC(=O)NCCc1ccccc1)C1CCCN1C(=O)OC(C)(C)C. The van der Waals surface area contributed by atoms with Crippen molar-refractivity contribution in [2.24, 2.45) is 0 Å². The number of hydrogen-bond donors (Lipinski definition) is 1. The number of hydrogen-bond acceptors (Lipinski definition) is 4. The molecule has 156 valence electrons. The first-order chi connectivity index (χ1) is 13.3. The van der Waals surface area contributed by atoms with Crippen LogP contribution in [0.3, 0.4) is 0 Å². The zero-order valence-corrected chi connectivity index (χ0v) is 18.4. The number of amides is 2. The maximum atomic E-state index is 12.6. The van der Waals surface area contributed by atoms with Gasteiger partial charge in [-0.1, -0.05) is 37.3 Å². The van der Waals surface area contributed by atoms with E-state index in [4.69, 9.17) is 4.74 Å². The molecule has 2 atom stereocenters. The zero-order chi connectivity index (χ0) is 20.6. The van der Waals surface area contributed by atoms with Crippen molar-refractivity contribution in [1.82, 2.24) is 10.2 Å². The van der Waals surface area contributed by atoms with E-state index >= 15 is 0 Å². The minimum absolute atomic E-state index is 0.0536. The fraction of sp³-hybridized carbons (Fsp3) is 0.636. The van der Waals surface area contributed by atoms with Crippen LogP contribution in [0.4, 0.5) is 4.79 Å². The number of likely N-dealkylation sites (tertiary alicyclic amines) is 1. The highest BCUT2D eigenvalue weighted by molar-refractivity contribution is 7.99. The zero-order valence-electron chi connectivity index (χ0n) is 17.6. The number of ether oxygens (including phenoxy) is 1. The standard InChI is InChI=1S/C22H34N2O3S/c1-5-28-19(16-20(25)23-14-13-17-10-7-6-8-11-17)18-12-9-15-24(18)21(26)27-22(2,3)4/h6-8,10-11,18-19H,5,9,12-16H2,1-4H3,(H,23,25). The van der Waals surface area contributed by atoms with Gasteiger partial charge < -0.3 is 15.0 Å². The molecule has 0 bridgehead atoms. The average Bonchev–Trinajstić information content (AvgIpc) is 3.11. The summed E-state index contributed by atoms with van der Waals surface area (Å²) in [7, 11) is 0. The van der Waals surface area contributed by atoms with Crippen LogP contribution >= 0.6 is 11.8 Å². The number of thioether (sulfide) groups is 1. The van der Waals surface area contributed by atoms with E-state index in [1.807, 2.05) is 43.9 Å². The lowest BCUT2D eigenvalue weighted by molar-refractivity contribution is -0.121. The van der Waals surface area contributed by atoms with Crippen molar-refractivity contribution in [3.8, 4) is 0 Å². The van der Waals surface area contributed by atoms with Gasteiger partial charge in [-0.15, -0.1) is 0 Å². The maximum Gasteiger partial charge on any atom is 0.410 e. The summed E-state index contributed by atoms with van der Waals surface area (Å²) in [5.41, 5.74) is 0.709. The molecule has 1 N–H and O–H groups in total. The van der Waals surface area contributed by atoms with Crippen LogP contribution in [0.1, 0.15) is 52.5 Å². The van der Waals surface area contributed by atoms with Crippen LogP contribution in [-0.4, -0.2) is 52.6 Å². The Kier molecular flexibility index (Phi) is 8.67. The molecule has 0 spiro atoms. The first-order valence-corrected chi connectivity index (χ1v) is 11.3. The number of nitrogens with one attached hydrogen (secondary N) is 1. The Morgan fingerprint density at radius 3 is 2.64 bits per heavy atom. The summed E-state index contributed by atoms with van der Waals surface area (Å²) in [6.07, 6.45) is 2.87. The van der Waals surface area contributed by atoms with E-state index in [-0.39, 0.29) is 23.3 Å². The smallest absolute Gasteiger partial charge is 0.410 e. The number of carbonyl (C=O) groups excluding carboxylic acids is 2. The van der Waals surface area contributed by atoms with Gasteiger partial charge in [0, 0.05) is 30.8 Å². The van der Waals surface area contributed by atoms with Crippen LogP contribution in [0.25, 0.3) is 0 Å². The Labute approximate surface area is 173 Å². The molecule has 1 saturated heterocycles. The molecule has 1 aliphatic rings. The van der Waals surface area contributed by atoms with Crippen LogP contribution in [0.15, 0.2) is 30.3 Å². The van der Waals surface area contributed by atoms with Gasteiger partial charge in [0.15, 0.2) is 0 Å². The third kappa shape index (κ3) is 7.38. The number of benzene rings is 1. The summed E-state index contributed by atoms with van der Waals surface area (Å²) in [6.45, 7) is 9.08. The van der Waals surface area contributed by atoms with Crippen LogP contribution < -0.4 is 5.32 Å². The van der Waals surface area contributed by atoms with Gasteiger partial charge in [0.05, 0.1) is 0 Å². The first-order valence-electron chi connectivity index (χ1n) is 10.2. The molecular weight excluding hydrogens is 372 g/mol. The second kappa shape index (κ2) is 10.7. The third-order valence-corrected chi connectivity index (χ3v) is 5.94. The normalized spacial score (nSPS) is 18.0. The Hall–Kier alpha value is -1.69. The molecule has 0 saturated carbocycles. The molecule has 0 aliphatic carbocycles. The van der Waals surface area contributed by atoms with E-state index in [2.05, 4.69) is 24.4 Å². The van der Waals surface area contributed by atoms with Crippen molar-refractivity contribution in [2.45, 2.75) is 70.3 Å².